The molecule has 2 unspecified atom stereocenters. The number of guanidine groups is 1. The normalized spacial score (nSPS) is 20.8. The molecule has 3 aliphatic rings. The maximum atomic E-state index is 13.6. The number of esters is 1. The maximum absolute atomic E-state index is 13.6. The number of nitrogens with zero attached hydrogens (tertiary/aromatic N) is 5. The first-order chi connectivity index (χ1) is 17.3. The topological polar surface area (TPSA) is 95.0 Å². The third kappa shape index (κ3) is 3.65. The number of ether oxygens (including phenoxy) is 2. The Morgan fingerprint density at radius 3 is 2.56 bits per heavy atom. The van der Waals surface area contributed by atoms with Crippen LogP contribution in [0.2, 0.25) is 0 Å². The number of urea groups is 1. The van der Waals surface area contributed by atoms with Gasteiger partial charge in [-0.15, -0.1) is 0 Å². The lowest BCUT2D eigenvalue weighted by molar-refractivity contribution is -0.150. The Labute approximate surface area is 209 Å². The molecule has 0 aromatic heterocycles. The molecule has 2 aromatic rings. The van der Waals surface area contributed by atoms with Crippen LogP contribution in [0.1, 0.15) is 18.1 Å². The number of fused-ring (bicyclic) bond motifs is 3. The van der Waals surface area contributed by atoms with Gasteiger partial charge in [-0.25, -0.2) is 9.79 Å². The molecule has 0 bridgehead atoms. The Bertz CT molecular complexity index is 1290. The van der Waals surface area contributed by atoms with Crippen LogP contribution >= 0.6 is 0 Å². The molecule has 0 N–H and O–H groups in total. The van der Waals surface area contributed by atoms with Gasteiger partial charge in [-0.1, -0.05) is 36.4 Å². The van der Waals surface area contributed by atoms with Crippen LogP contribution in [-0.2, 0) is 14.3 Å². The van der Waals surface area contributed by atoms with Crippen LogP contribution in [0.25, 0.3) is 5.70 Å². The van der Waals surface area contributed by atoms with Gasteiger partial charge in [0.05, 0.1) is 25.1 Å². The van der Waals surface area contributed by atoms with Gasteiger partial charge >= 0.3 is 12.0 Å². The molecule has 10 heteroatoms. The molecule has 10 nitrogen and oxygen atoms in total. The van der Waals surface area contributed by atoms with Gasteiger partial charge in [-0.3, -0.25) is 24.3 Å². The van der Waals surface area contributed by atoms with Gasteiger partial charge in [0.15, 0.2) is 12.2 Å². The summed E-state index contributed by atoms with van der Waals surface area (Å²) in [4.78, 5) is 49.6. The Morgan fingerprint density at radius 2 is 1.86 bits per heavy atom. The Balaban J connectivity index is 1.60. The predicted octanol–water partition coefficient (Wildman–Crippen LogP) is 2.65. The lowest BCUT2D eigenvalue weighted by Gasteiger charge is -2.39. The van der Waals surface area contributed by atoms with Gasteiger partial charge in [-0.05, 0) is 31.5 Å². The number of benzene rings is 2. The van der Waals surface area contributed by atoms with E-state index in [0.29, 0.717) is 11.7 Å². The summed E-state index contributed by atoms with van der Waals surface area (Å²) >= 11 is 0. The number of methoxy groups -OCH3 is 1. The van der Waals surface area contributed by atoms with E-state index in [4.69, 9.17) is 14.5 Å². The molecule has 2 aromatic carbocycles. The molecular weight excluding hydrogens is 462 g/mol. The second kappa shape index (κ2) is 9.03. The Hall–Kier alpha value is -4.34. The molecule has 0 aliphatic carbocycles. The van der Waals surface area contributed by atoms with Crippen molar-refractivity contribution in [2.45, 2.75) is 26.1 Å². The van der Waals surface area contributed by atoms with E-state index in [1.807, 2.05) is 66.6 Å². The van der Waals surface area contributed by atoms with Crippen LogP contribution in [0.5, 0.6) is 5.75 Å². The summed E-state index contributed by atoms with van der Waals surface area (Å²) in [6.45, 7) is 3.37. The molecular formula is C26H27N5O5. The van der Waals surface area contributed by atoms with Crippen molar-refractivity contribution < 1.29 is 23.9 Å². The quantitative estimate of drug-likeness (QED) is 0.576. The summed E-state index contributed by atoms with van der Waals surface area (Å²) in [5.41, 5.74) is 3.51. The minimum absolute atomic E-state index is 0.160. The van der Waals surface area contributed by atoms with Gasteiger partial charge in [0, 0.05) is 18.8 Å². The van der Waals surface area contributed by atoms with E-state index in [2.05, 4.69) is 0 Å². The monoisotopic (exact) mass is 489 g/mol. The molecule has 3 heterocycles. The largest absolute Gasteiger partial charge is 0.495 e. The number of aliphatic imine (C=N–C) groups is 1. The highest BCUT2D eigenvalue weighted by molar-refractivity contribution is 6.17. The van der Waals surface area contributed by atoms with E-state index in [-0.39, 0.29) is 6.61 Å². The van der Waals surface area contributed by atoms with Crippen molar-refractivity contribution in [3.05, 3.63) is 65.9 Å². The number of hydrogen-bond acceptors (Lipinski definition) is 8. The van der Waals surface area contributed by atoms with Crippen molar-refractivity contribution >= 4 is 35.3 Å². The van der Waals surface area contributed by atoms with Gasteiger partial charge in [0.25, 0.3) is 5.91 Å². The molecule has 1 fully saturated rings. The zero-order valence-corrected chi connectivity index (χ0v) is 20.5. The van der Waals surface area contributed by atoms with Gasteiger partial charge in [0.1, 0.15) is 12.3 Å². The summed E-state index contributed by atoms with van der Waals surface area (Å²) in [7, 11) is 3.18. The number of hydrogen-bond donors (Lipinski definition) is 0. The molecule has 5 rings (SSSR count). The SMILES string of the molecule is CCOC(=O)CN1C(=O)C2C(N=C3N(c4cc(C)ccc4OC)C(c4ccccc4)=CN32)N(C)C1=O. The second-order valence-corrected chi connectivity index (χ2v) is 8.71. The zero-order valence-electron chi connectivity index (χ0n) is 20.5. The summed E-state index contributed by atoms with van der Waals surface area (Å²) in [6, 6.07) is 14.2. The van der Waals surface area contributed by atoms with E-state index in [0.717, 1.165) is 27.4 Å². The Morgan fingerprint density at radius 1 is 1.11 bits per heavy atom. The minimum Gasteiger partial charge on any atom is -0.495 e. The van der Waals surface area contributed by atoms with Crippen LogP contribution in [-0.4, -0.2) is 78.1 Å². The fourth-order valence-corrected chi connectivity index (χ4v) is 4.74. The summed E-state index contributed by atoms with van der Waals surface area (Å²) in [5.74, 6) is -0.00448. The first-order valence-corrected chi connectivity index (χ1v) is 11.7. The zero-order chi connectivity index (χ0) is 25.6. The number of rotatable bonds is 6. The number of carbonyl (C=O) groups excluding carboxylic acids is 3. The molecule has 186 valence electrons. The van der Waals surface area contributed by atoms with Crippen molar-refractivity contribution in [3.8, 4) is 5.75 Å². The number of imide groups is 1. The fraction of sp³-hybridized carbons (Fsp3) is 0.308. The van der Waals surface area contributed by atoms with E-state index >= 15 is 0 Å². The molecule has 1 saturated heterocycles. The van der Waals surface area contributed by atoms with Crippen molar-refractivity contribution in [3.63, 3.8) is 0 Å². The van der Waals surface area contributed by atoms with Crippen molar-refractivity contribution in [1.82, 2.24) is 14.7 Å². The molecule has 3 aliphatic heterocycles. The van der Waals surface area contributed by atoms with Gasteiger partial charge in [-0.2, -0.15) is 0 Å². The highest BCUT2D eigenvalue weighted by Crippen LogP contribution is 2.43. The van der Waals surface area contributed by atoms with Crippen LogP contribution in [0, 0.1) is 6.92 Å². The third-order valence-corrected chi connectivity index (χ3v) is 6.45. The number of amides is 3. The van der Waals surface area contributed by atoms with Crippen molar-refractivity contribution in [2.24, 2.45) is 4.99 Å². The number of likely N-dealkylation sites (N-methyl/N-ethyl adjacent to an activating group) is 1. The number of aryl methyl sites for hydroxylation is 1. The van der Waals surface area contributed by atoms with Gasteiger partial charge < -0.3 is 14.4 Å². The predicted molar refractivity (Wildman–Crippen MR) is 133 cm³/mol. The second-order valence-electron chi connectivity index (χ2n) is 8.71. The van der Waals surface area contributed by atoms with Crippen LogP contribution in [0.3, 0.4) is 0 Å². The summed E-state index contributed by atoms with van der Waals surface area (Å²) < 4.78 is 10.7. The average molecular weight is 490 g/mol. The fourth-order valence-electron chi connectivity index (χ4n) is 4.74. The minimum atomic E-state index is -0.823. The van der Waals surface area contributed by atoms with Crippen LogP contribution < -0.4 is 9.64 Å². The Kier molecular flexibility index (Phi) is 5.87. The molecule has 0 spiro atoms. The molecule has 2 atom stereocenters. The molecule has 3 amide bonds. The third-order valence-electron chi connectivity index (χ3n) is 6.45. The maximum Gasteiger partial charge on any atom is 0.328 e. The number of anilines is 1. The summed E-state index contributed by atoms with van der Waals surface area (Å²) in [5, 5.41) is 0. The first-order valence-electron chi connectivity index (χ1n) is 11.7. The first kappa shape index (κ1) is 23.4. The molecule has 0 saturated carbocycles. The van der Waals surface area contributed by atoms with E-state index in [9.17, 15) is 14.4 Å². The van der Waals surface area contributed by atoms with E-state index in [1.165, 1.54) is 4.90 Å². The van der Waals surface area contributed by atoms with E-state index < -0.39 is 36.7 Å². The highest BCUT2D eigenvalue weighted by Gasteiger charge is 2.55. The van der Waals surface area contributed by atoms with Crippen LogP contribution in [0.15, 0.2) is 59.7 Å². The smallest absolute Gasteiger partial charge is 0.328 e. The van der Waals surface area contributed by atoms with E-state index in [1.54, 1.807) is 26.0 Å². The highest BCUT2D eigenvalue weighted by atomic mass is 16.5. The average Bonchev–Trinajstić information content (AvgIpc) is 3.42. The number of carbonyl (C=O) groups is 3. The lowest BCUT2D eigenvalue weighted by Crippen LogP contribution is -2.65. The van der Waals surface area contributed by atoms with Gasteiger partial charge in [0.2, 0.25) is 5.96 Å². The van der Waals surface area contributed by atoms with Crippen molar-refractivity contribution in [1.29, 1.82) is 0 Å². The molecule has 0 radical (unpaired) electrons. The lowest BCUT2D eigenvalue weighted by atomic mass is 10.1. The standard InChI is InChI=1S/C26H27N5O5/c1-5-36-21(32)15-30-24(33)22-23(28(3)26(30)34)27-25-29(22)14-19(17-9-7-6-8-10-17)31(25)18-13-16(2)11-12-20(18)35-4/h6-14,22-23H,5,15H2,1-4H3. The van der Waals surface area contributed by atoms with Crippen molar-refractivity contribution in [2.75, 3.05) is 32.2 Å². The summed E-state index contributed by atoms with van der Waals surface area (Å²) in [6.07, 6.45) is 1.12. The molecule has 36 heavy (non-hydrogen) atoms. The van der Waals surface area contributed by atoms with Crippen LogP contribution in [0.4, 0.5) is 10.5 Å².